The second-order valence-electron chi connectivity index (χ2n) is 6.25. The number of anilines is 1. The van der Waals surface area contributed by atoms with Gasteiger partial charge < -0.3 is 4.74 Å². The highest BCUT2D eigenvalue weighted by Crippen LogP contribution is 2.52. The fourth-order valence-electron chi connectivity index (χ4n) is 3.77. The van der Waals surface area contributed by atoms with Crippen LogP contribution in [0.3, 0.4) is 0 Å². The van der Waals surface area contributed by atoms with Crippen molar-refractivity contribution in [1.82, 2.24) is 0 Å². The summed E-state index contributed by atoms with van der Waals surface area (Å²) in [4.78, 5) is 38.2. The third kappa shape index (κ3) is 1.54. The van der Waals surface area contributed by atoms with Gasteiger partial charge >= 0.3 is 0 Å². The number of ether oxygens (including phenoxy) is 1. The Balaban J connectivity index is 1.77. The van der Waals surface area contributed by atoms with Gasteiger partial charge in [-0.2, -0.15) is 0 Å². The van der Waals surface area contributed by atoms with E-state index in [-0.39, 0.29) is 23.7 Å². The molecule has 0 saturated carbocycles. The first kappa shape index (κ1) is 13.4. The van der Waals surface area contributed by atoms with Crippen molar-refractivity contribution in [2.75, 3.05) is 4.90 Å². The van der Waals surface area contributed by atoms with E-state index >= 15 is 0 Å². The van der Waals surface area contributed by atoms with Crippen molar-refractivity contribution in [2.24, 2.45) is 11.8 Å². The number of imide groups is 1. The van der Waals surface area contributed by atoms with Crippen molar-refractivity contribution in [3.8, 4) is 0 Å². The largest absolute Gasteiger partial charge is 0.362 e. The first-order valence-electron chi connectivity index (χ1n) is 7.28. The average Bonchev–Trinajstić information content (AvgIpc) is 3.08. The molecule has 0 radical (unpaired) electrons. The summed E-state index contributed by atoms with van der Waals surface area (Å²) in [5.74, 6) is -1.52. The van der Waals surface area contributed by atoms with Crippen LogP contribution in [0.2, 0.25) is 0 Å². The van der Waals surface area contributed by atoms with Crippen molar-refractivity contribution in [3.05, 3.63) is 42.0 Å². The molecule has 0 aromatic heterocycles. The second-order valence-corrected chi connectivity index (χ2v) is 6.25. The molecule has 0 aliphatic carbocycles. The maximum atomic E-state index is 12.8. The van der Waals surface area contributed by atoms with E-state index in [1.165, 1.54) is 11.8 Å². The molecule has 2 saturated heterocycles. The van der Waals surface area contributed by atoms with E-state index in [0.29, 0.717) is 11.3 Å². The Morgan fingerprint density at radius 1 is 1.27 bits per heavy atom. The van der Waals surface area contributed by atoms with E-state index in [1.54, 1.807) is 24.3 Å². The summed E-state index contributed by atoms with van der Waals surface area (Å²) in [5, 5.41) is 0. The van der Waals surface area contributed by atoms with Crippen LogP contribution in [0.15, 0.2) is 36.4 Å². The molecule has 3 aliphatic heterocycles. The van der Waals surface area contributed by atoms with Crippen LogP contribution in [0.1, 0.15) is 24.2 Å². The molecule has 1 aromatic rings. The third-order valence-electron chi connectivity index (χ3n) is 4.84. The Bertz CT molecular complexity index is 753. The summed E-state index contributed by atoms with van der Waals surface area (Å²) in [6.45, 7) is 3.30. The summed E-state index contributed by atoms with van der Waals surface area (Å²) in [6.07, 6.45) is 3.41. The molecule has 0 spiro atoms. The molecule has 2 fully saturated rings. The van der Waals surface area contributed by atoms with E-state index in [1.807, 2.05) is 19.1 Å². The van der Waals surface area contributed by atoms with Gasteiger partial charge in [0, 0.05) is 5.56 Å². The van der Waals surface area contributed by atoms with Crippen LogP contribution in [0.4, 0.5) is 5.69 Å². The van der Waals surface area contributed by atoms with Crippen LogP contribution >= 0.6 is 0 Å². The van der Waals surface area contributed by atoms with Crippen molar-refractivity contribution in [3.63, 3.8) is 0 Å². The maximum Gasteiger partial charge on any atom is 0.241 e. The number of amides is 2. The Morgan fingerprint density at radius 3 is 2.73 bits per heavy atom. The van der Waals surface area contributed by atoms with Crippen LogP contribution < -0.4 is 4.90 Å². The van der Waals surface area contributed by atoms with Crippen molar-refractivity contribution < 1.29 is 19.1 Å². The number of benzene rings is 1. The van der Waals surface area contributed by atoms with Gasteiger partial charge in [-0.15, -0.1) is 0 Å². The van der Waals surface area contributed by atoms with Crippen molar-refractivity contribution >= 4 is 23.3 Å². The molecule has 112 valence electrons. The van der Waals surface area contributed by atoms with Gasteiger partial charge in [-0.05, 0) is 26.0 Å². The average molecular weight is 297 g/mol. The summed E-state index contributed by atoms with van der Waals surface area (Å²) < 4.78 is 5.78. The van der Waals surface area contributed by atoms with Crippen LogP contribution in [0.25, 0.3) is 0 Å². The Hall–Kier alpha value is -2.27. The molecule has 4 rings (SSSR count). The molecule has 22 heavy (non-hydrogen) atoms. The molecule has 3 aliphatic rings. The number of carbonyl (C=O) groups excluding carboxylic acids is 3. The predicted octanol–water partition coefficient (Wildman–Crippen LogP) is 1.72. The van der Waals surface area contributed by atoms with Crippen molar-refractivity contribution in [1.29, 1.82) is 0 Å². The van der Waals surface area contributed by atoms with Crippen LogP contribution in [-0.4, -0.2) is 29.3 Å². The monoisotopic (exact) mass is 297 g/mol. The standard InChI is InChI=1S/C17H15NO4/c1-9(19)10-4-3-5-11(8-10)18-15(20)13-12-6-7-17(2,22-12)14(13)16(18)21/h3-8,12-14H,1-2H3/t12-,13+,14+,17-/m1/s1. The van der Waals surface area contributed by atoms with Gasteiger partial charge in [-0.1, -0.05) is 24.3 Å². The number of fused-ring (bicyclic) bond motifs is 5. The minimum Gasteiger partial charge on any atom is -0.362 e. The summed E-state index contributed by atoms with van der Waals surface area (Å²) in [6, 6.07) is 6.64. The first-order valence-corrected chi connectivity index (χ1v) is 7.28. The lowest BCUT2D eigenvalue weighted by Crippen LogP contribution is -2.38. The van der Waals surface area contributed by atoms with Gasteiger partial charge in [0.25, 0.3) is 0 Å². The molecule has 1 aromatic carbocycles. The summed E-state index contributed by atoms with van der Waals surface area (Å²) in [5.41, 5.74) is 0.244. The Kier molecular flexibility index (Phi) is 2.52. The number of hydrogen-bond acceptors (Lipinski definition) is 4. The molecule has 5 heteroatoms. The fraction of sp³-hybridized carbons (Fsp3) is 0.353. The lowest BCUT2D eigenvalue weighted by atomic mass is 9.78. The highest BCUT2D eigenvalue weighted by molar-refractivity contribution is 6.23. The predicted molar refractivity (Wildman–Crippen MR) is 78.3 cm³/mol. The lowest BCUT2D eigenvalue weighted by Gasteiger charge is -2.24. The molecular weight excluding hydrogens is 282 g/mol. The highest BCUT2D eigenvalue weighted by atomic mass is 16.5. The van der Waals surface area contributed by atoms with Gasteiger partial charge in [-0.3, -0.25) is 14.4 Å². The maximum absolute atomic E-state index is 12.8. The van der Waals surface area contributed by atoms with Crippen molar-refractivity contribution in [2.45, 2.75) is 25.6 Å². The minimum absolute atomic E-state index is 0.0989. The molecule has 3 heterocycles. The number of hydrogen-bond donors (Lipinski definition) is 0. The summed E-state index contributed by atoms with van der Waals surface area (Å²) >= 11 is 0. The highest BCUT2D eigenvalue weighted by Gasteiger charge is 2.66. The lowest BCUT2D eigenvalue weighted by molar-refractivity contribution is -0.126. The van der Waals surface area contributed by atoms with Gasteiger partial charge in [0.1, 0.15) is 0 Å². The zero-order chi connectivity index (χ0) is 15.6. The summed E-state index contributed by atoms with van der Waals surface area (Å²) in [7, 11) is 0. The second kappa shape index (κ2) is 4.14. The number of ketones is 1. The molecular formula is C17H15NO4. The first-order chi connectivity index (χ1) is 10.4. The van der Waals surface area contributed by atoms with E-state index in [4.69, 9.17) is 4.74 Å². The molecule has 0 N–H and O–H groups in total. The number of Topliss-reactive ketones (excluding diaryl/α,β-unsaturated/α-hetero) is 1. The quantitative estimate of drug-likeness (QED) is 0.474. The Morgan fingerprint density at radius 2 is 2.05 bits per heavy atom. The Labute approximate surface area is 127 Å². The van der Waals surface area contributed by atoms with Gasteiger partial charge in [0.15, 0.2) is 5.78 Å². The van der Waals surface area contributed by atoms with E-state index in [9.17, 15) is 14.4 Å². The van der Waals surface area contributed by atoms with Crippen LogP contribution in [0, 0.1) is 11.8 Å². The van der Waals surface area contributed by atoms with E-state index in [2.05, 4.69) is 0 Å². The van der Waals surface area contributed by atoms with Gasteiger partial charge in [-0.25, -0.2) is 4.90 Å². The zero-order valence-corrected chi connectivity index (χ0v) is 12.3. The number of rotatable bonds is 2. The SMILES string of the molecule is CC(=O)c1cccc(N2C(=O)[C@@H]3[C@@H](C2=O)[C@@]2(C)C=C[C@H]3O2)c1. The molecule has 4 atom stereocenters. The fourth-order valence-corrected chi connectivity index (χ4v) is 3.77. The van der Waals surface area contributed by atoms with Crippen LogP contribution in [-0.2, 0) is 14.3 Å². The van der Waals surface area contributed by atoms with Gasteiger partial charge in [0.05, 0.1) is 29.2 Å². The molecule has 5 nitrogen and oxygen atoms in total. The van der Waals surface area contributed by atoms with E-state index in [0.717, 1.165) is 0 Å². The molecule has 0 unspecified atom stereocenters. The van der Waals surface area contributed by atoms with Crippen LogP contribution in [0.5, 0.6) is 0 Å². The number of nitrogens with zero attached hydrogens (tertiary/aromatic N) is 1. The zero-order valence-electron chi connectivity index (χ0n) is 12.3. The van der Waals surface area contributed by atoms with E-state index < -0.39 is 17.4 Å². The smallest absolute Gasteiger partial charge is 0.241 e. The minimum atomic E-state index is -0.699. The molecule has 2 bridgehead atoms. The normalized spacial score (nSPS) is 35.4. The third-order valence-corrected chi connectivity index (χ3v) is 4.84. The molecule has 2 amide bonds. The number of carbonyl (C=O) groups is 3. The van der Waals surface area contributed by atoms with Gasteiger partial charge in [0.2, 0.25) is 11.8 Å². The topological polar surface area (TPSA) is 63.7 Å².